The molecule has 0 spiro atoms. The first kappa shape index (κ1) is 10.7. The Morgan fingerprint density at radius 2 is 2.44 bits per heavy atom. The highest BCUT2D eigenvalue weighted by molar-refractivity contribution is 5.83. The average molecular weight is 226 g/mol. The Morgan fingerprint density at radius 3 is 3.12 bits per heavy atom. The van der Waals surface area contributed by atoms with E-state index in [4.69, 9.17) is 4.74 Å². The maximum atomic E-state index is 11.8. The van der Waals surface area contributed by atoms with Crippen molar-refractivity contribution >= 4 is 12.0 Å². The van der Waals surface area contributed by atoms with Crippen molar-refractivity contribution in [2.24, 2.45) is 0 Å². The lowest BCUT2D eigenvalue weighted by Crippen LogP contribution is -2.41. The summed E-state index contributed by atoms with van der Waals surface area (Å²) in [5, 5.41) is 4.28. The normalized spacial score (nSPS) is 19.1. The second-order valence-corrected chi connectivity index (χ2v) is 3.42. The molecular formula is C9H14N4O3. The van der Waals surface area contributed by atoms with Crippen LogP contribution in [0.5, 0.6) is 0 Å². The smallest absolute Gasteiger partial charge is 0.345 e. The number of esters is 1. The van der Waals surface area contributed by atoms with Crippen LogP contribution in [0, 0.1) is 0 Å². The Kier molecular flexibility index (Phi) is 2.95. The first-order valence-corrected chi connectivity index (χ1v) is 5.14. The molecule has 2 rings (SSSR count). The highest BCUT2D eigenvalue weighted by Gasteiger charge is 2.34. The van der Waals surface area contributed by atoms with E-state index in [0.717, 1.165) is 0 Å². The van der Waals surface area contributed by atoms with Crippen LogP contribution in [-0.2, 0) is 9.53 Å². The van der Waals surface area contributed by atoms with Crippen molar-refractivity contribution in [1.82, 2.24) is 20.7 Å². The van der Waals surface area contributed by atoms with Gasteiger partial charge in [0.2, 0.25) is 0 Å². The number of ether oxygens (including phenoxy) is 1. The minimum absolute atomic E-state index is 0.0828. The SMILES string of the molecule is CCOC(=O)CN1NC2=CCNCN2C1=O. The van der Waals surface area contributed by atoms with Gasteiger partial charge in [0.1, 0.15) is 12.4 Å². The lowest BCUT2D eigenvalue weighted by atomic mass is 10.4. The maximum Gasteiger partial charge on any atom is 0.345 e. The first-order valence-electron chi connectivity index (χ1n) is 5.14. The molecule has 2 heterocycles. The minimum Gasteiger partial charge on any atom is -0.465 e. The second-order valence-electron chi connectivity index (χ2n) is 3.42. The molecule has 2 N–H and O–H groups in total. The lowest BCUT2D eigenvalue weighted by Gasteiger charge is -2.19. The molecular weight excluding hydrogens is 212 g/mol. The molecule has 0 aromatic heterocycles. The van der Waals surface area contributed by atoms with E-state index < -0.39 is 5.97 Å². The van der Waals surface area contributed by atoms with Gasteiger partial charge in [-0.2, -0.15) is 0 Å². The lowest BCUT2D eigenvalue weighted by molar-refractivity contribution is -0.144. The summed E-state index contributed by atoms with van der Waals surface area (Å²) in [6.45, 7) is 3.12. The molecule has 0 atom stereocenters. The molecule has 1 saturated heterocycles. The zero-order valence-corrected chi connectivity index (χ0v) is 9.02. The number of fused-ring (bicyclic) bond motifs is 1. The predicted octanol–water partition coefficient (Wildman–Crippen LogP) is -0.806. The van der Waals surface area contributed by atoms with Gasteiger partial charge in [0.05, 0.1) is 13.3 Å². The Balaban J connectivity index is 1.98. The molecule has 7 heteroatoms. The number of hydrogen-bond donors (Lipinski definition) is 2. The van der Waals surface area contributed by atoms with Crippen LogP contribution in [0.4, 0.5) is 4.79 Å². The summed E-state index contributed by atoms with van der Waals surface area (Å²) in [7, 11) is 0. The molecule has 88 valence electrons. The Morgan fingerprint density at radius 1 is 1.62 bits per heavy atom. The molecule has 7 nitrogen and oxygen atoms in total. The maximum absolute atomic E-state index is 11.8. The van der Waals surface area contributed by atoms with Gasteiger partial charge in [0.15, 0.2) is 0 Å². The van der Waals surface area contributed by atoms with E-state index in [0.29, 0.717) is 25.6 Å². The fraction of sp³-hybridized carbons (Fsp3) is 0.556. The van der Waals surface area contributed by atoms with Crippen LogP contribution in [0.25, 0.3) is 0 Å². The summed E-state index contributed by atoms with van der Waals surface area (Å²) >= 11 is 0. The van der Waals surface area contributed by atoms with Crippen LogP contribution >= 0.6 is 0 Å². The fourth-order valence-electron chi connectivity index (χ4n) is 1.59. The quantitative estimate of drug-likeness (QED) is 0.616. The van der Waals surface area contributed by atoms with Crippen LogP contribution in [0.2, 0.25) is 0 Å². The number of urea groups is 1. The van der Waals surface area contributed by atoms with Crippen LogP contribution in [0.3, 0.4) is 0 Å². The van der Waals surface area contributed by atoms with Crippen molar-refractivity contribution in [3.63, 3.8) is 0 Å². The fourth-order valence-corrected chi connectivity index (χ4v) is 1.59. The number of nitrogens with zero attached hydrogens (tertiary/aromatic N) is 2. The van der Waals surface area contributed by atoms with Crippen molar-refractivity contribution in [3.05, 3.63) is 11.9 Å². The predicted molar refractivity (Wildman–Crippen MR) is 54.7 cm³/mol. The van der Waals surface area contributed by atoms with E-state index in [-0.39, 0.29) is 12.6 Å². The molecule has 2 aliphatic heterocycles. The third-order valence-electron chi connectivity index (χ3n) is 2.30. The molecule has 0 aliphatic carbocycles. The van der Waals surface area contributed by atoms with Crippen LogP contribution in [-0.4, -0.2) is 48.3 Å². The zero-order valence-electron chi connectivity index (χ0n) is 9.02. The summed E-state index contributed by atoms with van der Waals surface area (Å²) in [6.07, 6.45) is 1.85. The summed E-state index contributed by atoms with van der Waals surface area (Å²) in [6, 6.07) is -0.244. The van der Waals surface area contributed by atoms with Crippen molar-refractivity contribution in [2.45, 2.75) is 6.92 Å². The van der Waals surface area contributed by atoms with Gasteiger partial charge in [-0.3, -0.25) is 20.4 Å². The van der Waals surface area contributed by atoms with E-state index in [1.165, 1.54) is 9.91 Å². The van der Waals surface area contributed by atoms with E-state index in [1.54, 1.807) is 6.92 Å². The van der Waals surface area contributed by atoms with Crippen molar-refractivity contribution in [2.75, 3.05) is 26.4 Å². The summed E-state index contributed by atoms with van der Waals surface area (Å²) in [5.41, 5.74) is 2.86. The molecule has 0 unspecified atom stereocenters. The number of nitrogens with one attached hydrogen (secondary N) is 2. The van der Waals surface area contributed by atoms with Gasteiger partial charge in [-0.15, -0.1) is 0 Å². The van der Waals surface area contributed by atoms with Gasteiger partial charge in [-0.05, 0) is 13.0 Å². The summed E-state index contributed by atoms with van der Waals surface area (Å²) < 4.78 is 4.78. The minimum atomic E-state index is -0.420. The molecule has 0 saturated carbocycles. The number of carbonyl (C=O) groups is 2. The molecule has 0 aromatic rings. The van der Waals surface area contributed by atoms with E-state index >= 15 is 0 Å². The van der Waals surface area contributed by atoms with Crippen LogP contribution < -0.4 is 10.7 Å². The topological polar surface area (TPSA) is 73.9 Å². The second kappa shape index (κ2) is 4.40. The molecule has 2 amide bonds. The number of carbonyl (C=O) groups excluding carboxylic acids is 2. The first-order chi connectivity index (χ1) is 7.72. The van der Waals surface area contributed by atoms with Crippen LogP contribution in [0.15, 0.2) is 11.9 Å². The van der Waals surface area contributed by atoms with Crippen LogP contribution in [0.1, 0.15) is 6.92 Å². The Labute approximate surface area is 93.0 Å². The number of hydrogen-bond acceptors (Lipinski definition) is 5. The standard InChI is InChI=1S/C9H14N4O3/c1-2-16-8(14)5-13-9(15)12-6-10-4-3-7(12)11-13/h3,10-11H,2,4-6H2,1H3. The van der Waals surface area contributed by atoms with E-state index in [1.807, 2.05) is 6.08 Å². The highest BCUT2D eigenvalue weighted by atomic mass is 16.5. The third kappa shape index (κ3) is 1.94. The highest BCUT2D eigenvalue weighted by Crippen LogP contribution is 2.14. The molecule has 1 fully saturated rings. The van der Waals surface area contributed by atoms with E-state index in [9.17, 15) is 9.59 Å². The molecule has 0 aromatic carbocycles. The van der Waals surface area contributed by atoms with Gasteiger partial charge in [-0.1, -0.05) is 0 Å². The van der Waals surface area contributed by atoms with Gasteiger partial charge < -0.3 is 4.74 Å². The molecule has 0 radical (unpaired) electrons. The van der Waals surface area contributed by atoms with Gasteiger partial charge in [0.25, 0.3) is 0 Å². The van der Waals surface area contributed by atoms with Crippen molar-refractivity contribution < 1.29 is 14.3 Å². The monoisotopic (exact) mass is 226 g/mol. The van der Waals surface area contributed by atoms with Crippen molar-refractivity contribution in [3.8, 4) is 0 Å². The summed E-state index contributed by atoms with van der Waals surface area (Å²) in [5.74, 6) is 0.296. The van der Waals surface area contributed by atoms with Gasteiger partial charge >= 0.3 is 12.0 Å². The summed E-state index contributed by atoms with van der Waals surface area (Å²) in [4.78, 5) is 24.6. The van der Waals surface area contributed by atoms with Crippen molar-refractivity contribution in [1.29, 1.82) is 0 Å². The van der Waals surface area contributed by atoms with E-state index in [2.05, 4.69) is 10.7 Å². The number of hydrazine groups is 1. The zero-order chi connectivity index (χ0) is 11.5. The molecule has 2 aliphatic rings. The number of rotatable bonds is 3. The van der Waals surface area contributed by atoms with Gasteiger partial charge in [-0.25, -0.2) is 9.80 Å². The molecule has 0 bridgehead atoms. The Hall–Kier alpha value is -1.76. The average Bonchev–Trinajstić information content (AvgIpc) is 2.57. The Bertz CT molecular complexity index is 342. The third-order valence-corrected chi connectivity index (χ3v) is 2.30. The largest absolute Gasteiger partial charge is 0.465 e. The number of amides is 2. The molecule has 16 heavy (non-hydrogen) atoms. The van der Waals surface area contributed by atoms with Gasteiger partial charge in [0, 0.05) is 6.54 Å².